The van der Waals surface area contributed by atoms with Gasteiger partial charge in [-0.1, -0.05) is 6.92 Å². The van der Waals surface area contributed by atoms with E-state index in [-0.39, 0.29) is 6.04 Å². The van der Waals surface area contributed by atoms with Crippen molar-refractivity contribution in [3.05, 3.63) is 0 Å². The first-order valence-corrected chi connectivity index (χ1v) is 4.69. The van der Waals surface area contributed by atoms with Gasteiger partial charge in [-0.05, 0) is 19.9 Å². The maximum Gasteiger partial charge on any atom is 0.238 e. The largest absolute Gasteiger partial charge is 0.342 e. The normalized spacial score (nSPS) is 24.1. The highest BCUT2D eigenvalue weighted by molar-refractivity contribution is 6.07. The van der Waals surface area contributed by atoms with Gasteiger partial charge in [0.1, 0.15) is 0 Å². The lowest BCUT2D eigenvalue weighted by atomic mass is 10.1. The van der Waals surface area contributed by atoms with Gasteiger partial charge < -0.3 is 9.71 Å². The molecule has 1 saturated heterocycles. The van der Waals surface area contributed by atoms with Gasteiger partial charge in [-0.15, -0.1) is 0 Å². The van der Waals surface area contributed by atoms with Gasteiger partial charge in [0.15, 0.2) is 7.98 Å². The summed E-state index contributed by atoms with van der Waals surface area (Å²) in [5.41, 5.74) is 0. The van der Waals surface area contributed by atoms with E-state index in [1.54, 1.807) is 0 Å². The van der Waals surface area contributed by atoms with Crippen LogP contribution in [0.15, 0.2) is 0 Å². The molecule has 0 aromatic heterocycles. The van der Waals surface area contributed by atoms with E-state index < -0.39 is 0 Å². The van der Waals surface area contributed by atoms with E-state index in [0.29, 0.717) is 5.91 Å². The average molecular weight is 168 g/mol. The first-order chi connectivity index (χ1) is 5.70. The lowest BCUT2D eigenvalue weighted by molar-refractivity contribution is -0.130. The van der Waals surface area contributed by atoms with Crippen molar-refractivity contribution in [3.8, 4) is 0 Å². The summed E-state index contributed by atoms with van der Waals surface area (Å²) >= 11 is 0. The number of amides is 1. The van der Waals surface area contributed by atoms with E-state index in [2.05, 4.69) is 11.7 Å². The molecule has 0 aliphatic carbocycles. The zero-order valence-electron chi connectivity index (χ0n) is 8.21. The summed E-state index contributed by atoms with van der Waals surface area (Å²) in [5.74, 6) is 0.307. The van der Waals surface area contributed by atoms with Crippen molar-refractivity contribution in [2.24, 2.45) is 0 Å². The van der Waals surface area contributed by atoms with Crippen molar-refractivity contribution in [1.29, 1.82) is 0 Å². The molecule has 1 atom stereocenters. The molecule has 0 aromatic rings. The molecule has 1 amide bonds. The van der Waals surface area contributed by atoms with Crippen LogP contribution in [0.1, 0.15) is 20.3 Å². The number of hydrogen-bond donors (Lipinski definition) is 0. The summed E-state index contributed by atoms with van der Waals surface area (Å²) in [5, 5.41) is 0. The van der Waals surface area contributed by atoms with Crippen molar-refractivity contribution in [1.82, 2.24) is 9.71 Å². The maximum absolute atomic E-state index is 11.6. The van der Waals surface area contributed by atoms with Gasteiger partial charge in [0, 0.05) is 13.1 Å². The molecule has 68 valence electrons. The zero-order chi connectivity index (χ0) is 9.14. The smallest absolute Gasteiger partial charge is 0.238 e. The van der Waals surface area contributed by atoms with E-state index in [4.69, 9.17) is 0 Å². The van der Waals surface area contributed by atoms with E-state index in [9.17, 15) is 4.79 Å². The van der Waals surface area contributed by atoms with Crippen LogP contribution in [0, 0.1) is 0 Å². The molecule has 0 spiro atoms. The monoisotopic (exact) mass is 168 g/mol. The summed E-state index contributed by atoms with van der Waals surface area (Å²) in [6.45, 7) is 6.86. The van der Waals surface area contributed by atoms with Crippen molar-refractivity contribution < 1.29 is 4.79 Å². The Morgan fingerprint density at radius 1 is 1.67 bits per heavy atom. The summed E-state index contributed by atoms with van der Waals surface area (Å²) in [6.07, 6.45) is 0.997. The van der Waals surface area contributed by atoms with Crippen LogP contribution >= 0.6 is 0 Å². The molecule has 1 rings (SSSR count). The summed E-state index contributed by atoms with van der Waals surface area (Å²) < 4.78 is 0. The molecule has 0 N–H and O–H groups in total. The van der Waals surface area contributed by atoms with Crippen LogP contribution in [0.5, 0.6) is 0 Å². The predicted molar refractivity (Wildman–Crippen MR) is 51.6 cm³/mol. The third-order valence-corrected chi connectivity index (χ3v) is 2.68. The SMILES string of the molecule is BN(CC)C1CCN(CC)C1=O. The van der Waals surface area contributed by atoms with Crippen LogP contribution in [0.4, 0.5) is 0 Å². The molecule has 1 aliphatic rings. The molecule has 1 unspecified atom stereocenters. The van der Waals surface area contributed by atoms with Crippen LogP contribution < -0.4 is 0 Å². The minimum atomic E-state index is 0.148. The third kappa shape index (κ3) is 1.63. The van der Waals surface area contributed by atoms with E-state index >= 15 is 0 Å². The fourth-order valence-corrected chi connectivity index (χ4v) is 1.67. The average Bonchev–Trinajstić information content (AvgIpc) is 2.45. The molecule has 0 bridgehead atoms. The fourth-order valence-electron chi connectivity index (χ4n) is 1.67. The van der Waals surface area contributed by atoms with Crippen molar-refractivity contribution in [2.45, 2.75) is 26.3 Å². The minimum absolute atomic E-state index is 0.148. The number of hydrogen-bond acceptors (Lipinski definition) is 2. The van der Waals surface area contributed by atoms with E-state index in [1.165, 1.54) is 0 Å². The molecule has 1 heterocycles. The molecule has 0 radical (unpaired) electrons. The topological polar surface area (TPSA) is 23.6 Å². The van der Waals surface area contributed by atoms with Crippen molar-refractivity contribution >= 4 is 13.9 Å². The fraction of sp³-hybridized carbons (Fsp3) is 0.875. The lowest BCUT2D eigenvalue weighted by Gasteiger charge is -2.21. The Morgan fingerprint density at radius 3 is 2.75 bits per heavy atom. The lowest BCUT2D eigenvalue weighted by Crippen LogP contribution is -2.40. The number of likely N-dealkylation sites (N-methyl/N-ethyl adjacent to an activating group) is 2. The second-order valence-corrected chi connectivity index (χ2v) is 3.30. The van der Waals surface area contributed by atoms with Crippen LogP contribution in [0.25, 0.3) is 0 Å². The number of nitrogens with zero attached hydrogens (tertiary/aromatic N) is 2. The number of rotatable bonds is 3. The Morgan fingerprint density at radius 2 is 2.33 bits per heavy atom. The molecule has 0 saturated carbocycles. The maximum atomic E-state index is 11.6. The predicted octanol–water partition coefficient (Wildman–Crippen LogP) is -0.523. The Labute approximate surface area is 75.1 Å². The van der Waals surface area contributed by atoms with Crippen LogP contribution in [-0.4, -0.2) is 49.3 Å². The third-order valence-electron chi connectivity index (χ3n) is 2.68. The highest BCUT2D eigenvalue weighted by Gasteiger charge is 2.32. The standard InChI is InChI=1S/C8H17BN2O/c1-3-10-6-5-7(8(10)12)11(9)4-2/h7H,3-6,9H2,1-2H3. The van der Waals surface area contributed by atoms with Gasteiger partial charge in [-0.3, -0.25) is 4.79 Å². The molecular weight excluding hydrogens is 151 g/mol. The van der Waals surface area contributed by atoms with Gasteiger partial charge in [-0.2, -0.15) is 0 Å². The highest BCUT2D eigenvalue weighted by Crippen LogP contribution is 2.14. The molecule has 3 nitrogen and oxygen atoms in total. The number of likely N-dealkylation sites (tertiary alicyclic amines) is 1. The van der Waals surface area contributed by atoms with Crippen molar-refractivity contribution in [3.63, 3.8) is 0 Å². The summed E-state index contributed by atoms with van der Waals surface area (Å²) in [4.78, 5) is 15.7. The van der Waals surface area contributed by atoms with Gasteiger partial charge >= 0.3 is 0 Å². The van der Waals surface area contributed by atoms with Crippen LogP contribution in [-0.2, 0) is 4.79 Å². The molecule has 12 heavy (non-hydrogen) atoms. The number of carbonyl (C=O) groups excluding carboxylic acids is 1. The molecule has 1 fully saturated rings. The highest BCUT2D eigenvalue weighted by atomic mass is 16.2. The van der Waals surface area contributed by atoms with E-state index in [1.807, 2.05) is 19.8 Å². The molecule has 1 aliphatic heterocycles. The van der Waals surface area contributed by atoms with Crippen LogP contribution in [0.2, 0.25) is 0 Å². The Kier molecular flexibility index (Phi) is 3.15. The van der Waals surface area contributed by atoms with E-state index in [0.717, 1.165) is 26.1 Å². The zero-order valence-corrected chi connectivity index (χ0v) is 8.21. The quantitative estimate of drug-likeness (QED) is 0.529. The minimum Gasteiger partial charge on any atom is -0.342 e. The molecule has 4 heteroatoms. The van der Waals surface area contributed by atoms with Gasteiger partial charge in [0.05, 0.1) is 6.04 Å². The molecule has 0 aromatic carbocycles. The van der Waals surface area contributed by atoms with Crippen LogP contribution in [0.3, 0.4) is 0 Å². The first kappa shape index (κ1) is 9.58. The second kappa shape index (κ2) is 3.94. The molecular formula is C8H17BN2O. The second-order valence-electron chi connectivity index (χ2n) is 3.30. The van der Waals surface area contributed by atoms with Gasteiger partial charge in [0.2, 0.25) is 5.91 Å². The first-order valence-electron chi connectivity index (χ1n) is 4.69. The van der Waals surface area contributed by atoms with Gasteiger partial charge in [-0.25, -0.2) is 0 Å². The Hall–Kier alpha value is -0.505. The Bertz CT molecular complexity index is 174. The summed E-state index contributed by atoms with van der Waals surface area (Å²) in [7, 11) is 2.02. The van der Waals surface area contributed by atoms with Gasteiger partial charge in [0.25, 0.3) is 0 Å². The van der Waals surface area contributed by atoms with Crippen molar-refractivity contribution in [2.75, 3.05) is 19.6 Å². The summed E-state index contributed by atoms with van der Waals surface area (Å²) in [6, 6.07) is 0.148. The number of carbonyl (C=O) groups is 1. The Balaban J connectivity index is 2.54.